The third-order valence-electron chi connectivity index (χ3n) is 2.47. The number of hydrogen-bond acceptors (Lipinski definition) is 2. The molecule has 6 heteroatoms. The maximum atomic E-state index is 12.9. The molecule has 0 unspecified atom stereocenters. The summed E-state index contributed by atoms with van der Waals surface area (Å²) in [6.45, 7) is 0. The van der Waals surface area contributed by atoms with E-state index in [0.29, 0.717) is 10.7 Å². The van der Waals surface area contributed by atoms with Crippen molar-refractivity contribution in [3.63, 3.8) is 0 Å². The lowest BCUT2D eigenvalue weighted by Gasteiger charge is -2.15. The van der Waals surface area contributed by atoms with Gasteiger partial charge in [0.05, 0.1) is 11.3 Å². The maximum Gasteiger partial charge on any atom is 0.418 e. The van der Waals surface area contributed by atoms with Crippen LogP contribution >= 0.6 is 11.6 Å². The van der Waals surface area contributed by atoms with Crippen molar-refractivity contribution in [2.45, 2.75) is 6.18 Å². The standard InChI is InChI=1S/C13H10ClF3N2/c14-8-1-4-10(5-2-8)19-12-6-3-9(18)7-11(12)13(15,16)17/h1-7,19H,18H2. The van der Waals surface area contributed by atoms with Gasteiger partial charge in [-0.05, 0) is 42.5 Å². The molecule has 0 aromatic heterocycles. The molecule has 2 nitrogen and oxygen atoms in total. The van der Waals surface area contributed by atoms with E-state index in [2.05, 4.69) is 5.32 Å². The van der Waals surface area contributed by atoms with Gasteiger partial charge in [0.1, 0.15) is 0 Å². The van der Waals surface area contributed by atoms with Gasteiger partial charge in [0.25, 0.3) is 0 Å². The SMILES string of the molecule is Nc1ccc(Nc2ccc(Cl)cc2)c(C(F)(F)F)c1. The molecular formula is C13H10ClF3N2. The van der Waals surface area contributed by atoms with Crippen LogP contribution in [-0.4, -0.2) is 0 Å². The molecule has 0 spiro atoms. The number of nitrogens with one attached hydrogen (secondary N) is 1. The van der Waals surface area contributed by atoms with Crippen molar-refractivity contribution in [3.05, 3.63) is 53.1 Å². The molecule has 19 heavy (non-hydrogen) atoms. The Hall–Kier alpha value is -1.88. The van der Waals surface area contributed by atoms with Crippen LogP contribution in [0.3, 0.4) is 0 Å². The Morgan fingerprint density at radius 2 is 1.63 bits per heavy atom. The van der Waals surface area contributed by atoms with E-state index >= 15 is 0 Å². The Morgan fingerprint density at radius 1 is 1.00 bits per heavy atom. The van der Waals surface area contributed by atoms with Crippen molar-refractivity contribution in [3.8, 4) is 0 Å². The summed E-state index contributed by atoms with van der Waals surface area (Å²) in [5.41, 5.74) is 5.11. The van der Waals surface area contributed by atoms with Gasteiger partial charge in [-0.3, -0.25) is 0 Å². The first-order valence-electron chi connectivity index (χ1n) is 5.35. The Morgan fingerprint density at radius 3 is 2.21 bits per heavy atom. The number of hydrogen-bond donors (Lipinski definition) is 2. The lowest BCUT2D eigenvalue weighted by molar-refractivity contribution is -0.136. The highest BCUT2D eigenvalue weighted by Gasteiger charge is 2.33. The Bertz CT molecular complexity index is 579. The molecule has 0 aliphatic carbocycles. The van der Waals surface area contributed by atoms with Gasteiger partial charge in [-0.25, -0.2) is 0 Å². The molecule has 0 heterocycles. The van der Waals surface area contributed by atoms with Crippen LogP contribution in [0.25, 0.3) is 0 Å². The van der Waals surface area contributed by atoms with E-state index in [1.54, 1.807) is 24.3 Å². The van der Waals surface area contributed by atoms with E-state index in [-0.39, 0.29) is 11.4 Å². The van der Waals surface area contributed by atoms with Crippen molar-refractivity contribution in [2.24, 2.45) is 0 Å². The monoisotopic (exact) mass is 286 g/mol. The summed E-state index contributed by atoms with van der Waals surface area (Å²) in [5, 5.41) is 3.21. The van der Waals surface area contributed by atoms with Crippen molar-refractivity contribution in [1.29, 1.82) is 0 Å². The molecule has 0 radical (unpaired) electrons. The number of benzene rings is 2. The van der Waals surface area contributed by atoms with Gasteiger partial charge in [-0.2, -0.15) is 13.2 Å². The van der Waals surface area contributed by atoms with Gasteiger partial charge in [-0.1, -0.05) is 11.6 Å². The lowest BCUT2D eigenvalue weighted by Crippen LogP contribution is -2.09. The quantitative estimate of drug-likeness (QED) is 0.786. The molecule has 0 saturated carbocycles. The first-order chi connectivity index (χ1) is 8.86. The summed E-state index contributed by atoms with van der Waals surface area (Å²) in [4.78, 5) is 0. The average Bonchev–Trinajstić information content (AvgIpc) is 2.33. The topological polar surface area (TPSA) is 38.0 Å². The molecule has 2 aromatic rings. The summed E-state index contributed by atoms with van der Waals surface area (Å²) < 4.78 is 38.6. The second kappa shape index (κ2) is 5.01. The first kappa shape index (κ1) is 13.5. The van der Waals surface area contributed by atoms with Crippen LogP contribution in [0.5, 0.6) is 0 Å². The smallest absolute Gasteiger partial charge is 0.399 e. The van der Waals surface area contributed by atoms with Gasteiger partial charge in [-0.15, -0.1) is 0 Å². The summed E-state index contributed by atoms with van der Waals surface area (Å²) in [7, 11) is 0. The van der Waals surface area contributed by atoms with Gasteiger partial charge in [0.2, 0.25) is 0 Å². The molecule has 0 aliphatic heterocycles. The van der Waals surface area contributed by atoms with Crippen LogP contribution in [0.1, 0.15) is 5.56 Å². The normalized spacial score (nSPS) is 11.4. The van der Waals surface area contributed by atoms with Crippen LogP contribution in [0.15, 0.2) is 42.5 Å². The summed E-state index contributed by atoms with van der Waals surface area (Å²) in [6.07, 6.45) is -4.47. The molecule has 0 amide bonds. The number of nitrogen functional groups attached to an aromatic ring is 1. The molecule has 0 aliphatic rings. The predicted octanol–water partition coefficient (Wildman–Crippen LogP) is 4.68. The number of anilines is 3. The number of rotatable bonds is 2. The lowest BCUT2D eigenvalue weighted by atomic mass is 10.1. The zero-order valence-corrected chi connectivity index (χ0v) is 10.4. The maximum absolute atomic E-state index is 12.9. The molecular weight excluding hydrogens is 277 g/mol. The predicted molar refractivity (Wildman–Crippen MR) is 70.6 cm³/mol. The highest BCUT2D eigenvalue weighted by atomic mass is 35.5. The van der Waals surface area contributed by atoms with Crippen molar-refractivity contribution in [1.82, 2.24) is 0 Å². The third kappa shape index (κ3) is 3.32. The van der Waals surface area contributed by atoms with E-state index in [9.17, 15) is 13.2 Å². The highest BCUT2D eigenvalue weighted by molar-refractivity contribution is 6.30. The summed E-state index contributed by atoms with van der Waals surface area (Å²) in [5.74, 6) is 0. The van der Waals surface area contributed by atoms with Crippen molar-refractivity contribution < 1.29 is 13.2 Å². The Balaban J connectivity index is 2.37. The molecule has 100 valence electrons. The Labute approximate surface area is 113 Å². The Kier molecular flexibility index (Phi) is 3.57. The van der Waals surface area contributed by atoms with Gasteiger partial charge >= 0.3 is 6.18 Å². The highest BCUT2D eigenvalue weighted by Crippen LogP contribution is 2.37. The minimum atomic E-state index is -4.47. The van der Waals surface area contributed by atoms with Crippen LogP contribution < -0.4 is 11.1 Å². The number of halogens is 4. The van der Waals surface area contributed by atoms with Gasteiger partial charge in [0, 0.05) is 16.4 Å². The fraction of sp³-hybridized carbons (Fsp3) is 0.0769. The molecule has 0 bridgehead atoms. The van der Waals surface area contributed by atoms with Crippen molar-refractivity contribution >= 4 is 28.7 Å². The first-order valence-corrected chi connectivity index (χ1v) is 5.73. The van der Waals surface area contributed by atoms with E-state index in [4.69, 9.17) is 17.3 Å². The van der Waals surface area contributed by atoms with Gasteiger partial charge in [0.15, 0.2) is 0 Å². The zero-order valence-electron chi connectivity index (χ0n) is 9.63. The molecule has 2 rings (SSSR count). The minimum Gasteiger partial charge on any atom is -0.399 e. The largest absolute Gasteiger partial charge is 0.418 e. The van der Waals surface area contributed by atoms with Crippen LogP contribution in [0.4, 0.5) is 30.2 Å². The van der Waals surface area contributed by atoms with Crippen LogP contribution in [0.2, 0.25) is 5.02 Å². The number of alkyl halides is 3. The second-order valence-electron chi connectivity index (χ2n) is 3.93. The third-order valence-corrected chi connectivity index (χ3v) is 2.72. The van der Waals surface area contributed by atoms with E-state index < -0.39 is 11.7 Å². The average molecular weight is 287 g/mol. The van der Waals surface area contributed by atoms with Crippen LogP contribution in [0, 0.1) is 0 Å². The van der Waals surface area contributed by atoms with E-state index in [1.807, 2.05) is 0 Å². The van der Waals surface area contributed by atoms with Gasteiger partial charge < -0.3 is 11.1 Å². The minimum absolute atomic E-state index is 0.0518. The molecule has 0 fully saturated rings. The van der Waals surface area contributed by atoms with E-state index in [1.165, 1.54) is 12.1 Å². The second-order valence-corrected chi connectivity index (χ2v) is 4.37. The van der Waals surface area contributed by atoms with Crippen LogP contribution in [-0.2, 0) is 6.18 Å². The molecule has 3 N–H and O–H groups in total. The number of nitrogens with two attached hydrogens (primary N) is 1. The van der Waals surface area contributed by atoms with Crippen molar-refractivity contribution in [2.75, 3.05) is 11.1 Å². The molecule has 2 aromatic carbocycles. The molecule has 0 saturated heterocycles. The van der Waals surface area contributed by atoms with E-state index in [0.717, 1.165) is 6.07 Å². The fourth-order valence-corrected chi connectivity index (χ4v) is 1.72. The summed E-state index contributed by atoms with van der Waals surface area (Å²) >= 11 is 5.71. The molecule has 0 atom stereocenters. The summed E-state index contributed by atoms with van der Waals surface area (Å²) in [6, 6.07) is 9.99. The fourth-order valence-electron chi connectivity index (χ4n) is 1.59. The zero-order chi connectivity index (χ0) is 14.0.